The molecule has 1 aliphatic carbocycles. The van der Waals surface area contributed by atoms with E-state index in [-0.39, 0.29) is 6.10 Å². The highest BCUT2D eigenvalue weighted by Crippen LogP contribution is 2.34. The van der Waals surface area contributed by atoms with E-state index in [1.165, 1.54) is 12.8 Å². The lowest BCUT2D eigenvalue weighted by Crippen LogP contribution is -2.24. The molecule has 0 aromatic heterocycles. The van der Waals surface area contributed by atoms with Gasteiger partial charge in [0.05, 0.1) is 22.8 Å². The van der Waals surface area contributed by atoms with Crippen molar-refractivity contribution in [1.29, 1.82) is 0 Å². The highest BCUT2D eigenvalue weighted by atomic mass is 32.2. The van der Waals surface area contributed by atoms with E-state index in [1.54, 1.807) is 7.11 Å². The maximum atomic E-state index is 10.6. The van der Waals surface area contributed by atoms with Gasteiger partial charge in [-0.25, -0.2) is 4.21 Å². The molecule has 4 heteroatoms. The van der Waals surface area contributed by atoms with Gasteiger partial charge < -0.3 is 4.74 Å². The first-order chi connectivity index (χ1) is 4.74. The minimum Gasteiger partial charge on any atom is -0.380 e. The Labute approximate surface area is 63.5 Å². The van der Waals surface area contributed by atoms with Crippen molar-refractivity contribution in [1.82, 2.24) is 0 Å². The van der Waals surface area contributed by atoms with E-state index < -0.39 is 11.0 Å². The number of rotatable bonds is 4. The summed E-state index contributed by atoms with van der Waals surface area (Å²) in [5, 5.41) is 5.13. The maximum Gasteiger partial charge on any atom is 0.0914 e. The average molecular weight is 163 g/mol. The molecule has 2 unspecified atom stereocenters. The number of nitrogens with two attached hydrogens (primary N) is 1. The fourth-order valence-electron chi connectivity index (χ4n) is 1.03. The zero-order valence-electron chi connectivity index (χ0n) is 6.08. The van der Waals surface area contributed by atoms with Crippen LogP contribution in [0.2, 0.25) is 0 Å². The third kappa shape index (κ3) is 2.36. The fraction of sp³-hybridized carbons (Fsp3) is 1.00. The standard InChI is InChI=1S/C6H13NO2S/c1-9-6(4-10(7)8)5-2-3-5/h5-6H,2-4,7H2,1H3. The fourth-order valence-corrected chi connectivity index (χ4v) is 1.76. The lowest BCUT2D eigenvalue weighted by atomic mass is 10.3. The van der Waals surface area contributed by atoms with Crippen molar-refractivity contribution in [2.75, 3.05) is 12.9 Å². The molecular formula is C6H13NO2S. The maximum absolute atomic E-state index is 10.6. The summed E-state index contributed by atoms with van der Waals surface area (Å²) in [6, 6.07) is 0. The molecule has 1 fully saturated rings. The Morgan fingerprint density at radius 1 is 1.80 bits per heavy atom. The number of hydrogen-bond acceptors (Lipinski definition) is 2. The highest BCUT2D eigenvalue weighted by molar-refractivity contribution is 7.82. The summed E-state index contributed by atoms with van der Waals surface area (Å²) in [4.78, 5) is 0. The van der Waals surface area contributed by atoms with Gasteiger partial charge in [0.1, 0.15) is 0 Å². The van der Waals surface area contributed by atoms with Gasteiger partial charge in [-0.1, -0.05) is 0 Å². The molecule has 1 rings (SSSR count). The zero-order chi connectivity index (χ0) is 7.56. The smallest absolute Gasteiger partial charge is 0.0914 e. The van der Waals surface area contributed by atoms with E-state index in [9.17, 15) is 4.21 Å². The first-order valence-electron chi connectivity index (χ1n) is 3.39. The molecule has 0 heterocycles. The van der Waals surface area contributed by atoms with Gasteiger partial charge in [0.15, 0.2) is 0 Å². The quantitative estimate of drug-likeness (QED) is 0.636. The van der Waals surface area contributed by atoms with Gasteiger partial charge in [-0.2, -0.15) is 0 Å². The molecule has 0 spiro atoms. The molecule has 0 saturated heterocycles. The predicted molar refractivity (Wildman–Crippen MR) is 40.7 cm³/mol. The van der Waals surface area contributed by atoms with Crippen molar-refractivity contribution in [3.8, 4) is 0 Å². The van der Waals surface area contributed by atoms with Crippen LogP contribution in [0.25, 0.3) is 0 Å². The Kier molecular flexibility index (Phi) is 2.82. The third-order valence-corrected chi connectivity index (χ3v) is 2.44. The van der Waals surface area contributed by atoms with E-state index in [2.05, 4.69) is 0 Å². The molecule has 3 nitrogen and oxygen atoms in total. The number of ether oxygens (including phenoxy) is 1. The summed E-state index contributed by atoms with van der Waals surface area (Å²) in [6.45, 7) is 0. The first kappa shape index (κ1) is 8.17. The van der Waals surface area contributed by atoms with Gasteiger partial charge in [0.25, 0.3) is 0 Å². The van der Waals surface area contributed by atoms with E-state index in [0.717, 1.165) is 0 Å². The normalized spacial score (nSPS) is 24.2. The number of hydrogen-bond donors (Lipinski definition) is 1. The molecule has 0 aliphatic heterocycles. The molecule has 0 radical (unpaired) electrons. The monoisotopic (exact) mass is 163 g/mol. The molecule has 60 valence electrons. The van der Waals surface area contributed by atoms with Crippen molar-refractivity contribution >= 4 is 11.0 Å². The highest BCUT2D eigenvalue weighted by Gasteiger charge is 2.31. The summed E-state index contributed by atoms with van der Waals surface area (Å²) in [5.41, 5.74) is 0. The first-order valence-corrected chi connectivity index (χ1v) is 4.78. The number of methoxy groups -OCH3 is 1. The van der Waals surface area contributed by atoms with Gasteiger partial charge in [0, 0.05) is 7.11 Å². The van der Waals surface area contributed by atoms with Crippen LogP contribution < -0.4 is 5.14 Å². The molecule has 1 saturated carbocycles. The third-order valence-electron chi connectivity index (χ3n) is 1.78. The van der Waals surface area contributed by atoms with Crippen LogP contribution in [0.5, 0.6) is 0 Å². The molecule has 0 bridgehead atoms. The lowest BCUT2D eigenvalue weighted by Gasteiger charge is -2.10. The molecule has 10 heavy (non-hydrogen) atoms. The van der Waals surface area contributed by atoms with Crippen LogP contribution in [0, 0.1) is 5.92 Å². The second-order valence-electron chi connectivity index (χ2n) is 2.66. The second kappa shape index (κ2) is 3.46. The van der Waals surface area contributed by atoms with Crippen molar-refractivity contribution in [2.45, 2.75) is 18.9 Å². The molecule has 0 amide bonds. The Bertz CT molecular complexity index is 136. The molecule has 0 aromatic carbocycles. The minimum absolute atomic E-state index is 0.130. The van der Waals surface area contributed by atoms with E-state index in [1.807, 2.05) is 0 Å². The largest absolute Gasteiger partial charge is 0.380 e. The minimum atomic E-state index is -1.20. The predicted octanol–water partition coefficient (Wildman–Crippen LogP) is 0.0338. The zero-order valence-corrected chi connectivity index (χ0v) is 6.89. The Balaban J connectivity index is 2.25. The molecule has 1 aliphatic rings. The molecule has 0 aromatic rings. The van der Waals surface area contributed by atoms with Crippen molar-refractivity contribution in [3.63, 3.8) is 0 Å². The van der Waals surface area contributed by atoms with Gasteiger partial charge in [-0.05, 0) is 18.8 Å². The van der Waals surface area contributed by atoms with Crippen LogP contribution in [0.3, 0.4) is 0 Å². The second-order valence-corrected chi connectivity index (χ2v) is 3.75. The molecule has 2 atom stereocenters. The van der Waals surface area contributed by atoms with Crippen LogP contribution in [0.1, 0.15) is 12.8 Å². The van der Waals surface area contributed by atoms with Crippen LogP contribution in [-0.2, 0) is 15.7 Å². The summed E-state index contributed by atoms with van der Waals surface area (Å²) in [7, 11) is 0.448. The van der Waals surface area contributed by atoms with Gasteiger partial charge >= 0.3 is 0 Å². The van der Waals surface area contributed by atoms with Gasteiger partial charge in [-0.3, -0.25) is 5.14 Å². The van der Waals surface area contributed by atoms with Crippen LogP contribution in [-0.4, -0.2) is 23.2 Å². The lowest BCUT2D eigenvalue weighted by molar-refractivity contribution is 0.103. The topological polar surface area (TPSA) is 52.3 Å². The molecular weight excluding hydrogens is 150 g/mol. The van der Waals surface area contributed by atoms with Crippen molar-refractivity contribution < 1.29 is 8.95 Å². The Hall–Kier alpha value is 0.0700. The van der Waals surface area contributed by atoms with Crippen LogP contribution in [0.4, 0.5) is 0 Å². The van der Waals surface area contributed by atoms with Crippen molar-refractivity contribution in [2.24, 2.45) is 11.1 Å². The van der Waals surface area contributed by atoms with Gasteiger partial charge in [0.2, 0.25) is 0 Å². The van der Waals surface area contributed by atoms with Crippen LogP contribution >= 0.6 is 0 Å². The van der Waals surface area contributed by atoms with Crippen LogP contribution in [0.15, 0.2) is 0 Å². The summed E-state index contributed by atoms with van der Waals surface area (Å²) < 4.78 is 15.7. The van der Waals surface area contributed by atoms with Gasteiger partial charge in [-0.15, -0.1) is 0 Å². The van der Waals surface area contributed by atoms with E-state index in [4.69, 9.17) is 9.88 Å². The average Bonchev–Trinajstić information content (AvgIpc) is 2.63. The summed E-state index contributed by atoms with van der Waals surface area (Å²) in [5.74, 6) is 1.11. The van der Waals surface area contributed by atoms with E-state index >= 15 is 0 Å². The molecule has 2 N–H and O–H groups in total. The summed E-state index contributed by atoms with van der Waals surface area (Å²) >= 11 is 0. The Morgan fingerprint density at radius 2 is 2.40 bits per heavy atom. The summed E-state index contributed by atoms with van der Waals surface area (Å²) in [6.07, 6.45) is 2.54. The van der Waals surface area contributed by atoms with E-state index in [0.29, 0.717) is 11.7 Å². The van der Waals surface area contributed by atoms with Crippen molar-refractivity contribution in [3.05, 3.63) is 0 Å². The SMILES string of the molecule is COC(CS(N)=O)C1CC1. The Morgan fingerprint density at radius 3 is 2.70 bits per heavy atom.